The van der Waals surface area contributed by atoms with Gasteiger partial charge in [0.1, 0.15) is 0 Å². The van der Waals surface area contributed by atoms with Crippen molar-refractivity contribution < 1.29 is 0 Å². The molecule has 4 heteroatoms. The highest BCUT2D eigenvalue weighted by Gasteiger charge is 2.12. The average molecular weight is 239 g/mol. The summed E-state index contributed by atoms with van der Waals surface area (Å²) in [7, 11) is 0. The molecule has 0 aromatic carbocycles. The van der Waals surface area contributed by atoms with Crippen molar-refractivity contribution in [2.24, 2.45) is 5.92 Å². The quantitative estimate of drug-likeness (QED) is 0.771. The molecule has 2 N–H and O–H groups in total. The van der Waals surface area contributed by atoms with Gasteiger partial charge in [0.2, 0.25) is 0 Å². The van der Waals surface area contributed by atoms with E-state index < -0.39 is 0 Å². The van der Waals surface area contributed by atoms with E-state index in [9.17, 15) is 0 Å². The van der Waals surface area contributed by atoms with E-state index in [4.69, 9.17) is 0 Å². The van der Waals surface area contributed by atoms with Crippen LogP contribution in [0.3, 0.4) is 0 Å². The van der Waals surface area contributed by atoms with Crippen LogP contribution in [0.15, 0.2) is 5.51 Å². The predicted octanol–water partition coefficient (Wildman–Crippen LogP) is 1.93. The van der Waals surface area contributed by atoms with E-state index in [0.29, 0.717) is 0 Å². The summed E-state index contributed by atoms with van der Waals surface area (Å²) in [4.78, 5) is 5.64. The van der Waals surface area contributed by atoms with Crippen molar-refractivity contribution in [3.8, 4) is 0 Å². The first-order valence-corrected chi connectivity index (χ1v) is 7.04. The number of rotatable bonds is 5. The normalized spacial score (nSPS) is 17.8. The average Bonchev–Trinajstić information content (AvgIpc) is 2.72. The summed E-state index contributed by atoms with van der Waals surface area (Å²) in [5.41, 5.74) is 3.11. The van der Waals surface area contributed by atoms with Crippen molar-refractivity contribution in [1.82, 2.24) is 15.6 Å². The summed E-state index contributed by atoms with van der Waals surface area (Å²) in [6.07, 6.45) is 4.02. The molecular formula is C12H21N3S. The smallest absolute Gasteiger partial charge is 0.0798 e. The zero-order chi connectivity index (χ0) is 11.2. The van der Waals surface area contributed by atoms with E-state index in [0.717, 1.165) is 19.0 Å². The van der Waals surface area contributed by atoms with E-state index in [-0.39, 0.29) is 0 Å². The maximum absolute atomic E-state index is 4.26. The first-order valence-electron chi connectivity index (χ1n) is 6.16. The van der Waals surface area contributed by atoms with Gasteiger partial charge in [-0.2, -0.15) is 0 Å². The minimum Gasteiger partial charge on any atom is -0.317 e. The predicted molar refractivity (Wildman–Crippen MR) is 68.8 cm³/mol. The third kappa shape index (κ3) is 3.54. The monoisotopic (exact) mass is 239 g/mol. The van der Waals surface area contributed by atoms with Gasteiger partial charge in [0.25, 0.3) is 0 Å². The summed E-state index contributed by atoms with van der Waals surface area (Å²) >= 11 is 1.75. The molecule has 0 unspecified atom stereocenters. The lowest BCUT2D eigenvalue weighted by Crippen LogP contribution is -2.29. The van der Waals surface area contributed by atoms with Gasteiger partial charge in [-0.05, 0) is 51.7 Å². The van der Waals surface area contributed by atoms with E-state index in [1.54, 1.807) is 11.3 Å². The van der Waals surface area contributed by atoms with E-state index in [1.165, 1.54) is 42.9 Å². The molecule has 90 valence electrons. The van der Waals surface area contributed by atoms with E-state index >= 15 is 0 Å². The zero-order valence-corrected chi connectivity index (χ0v) is 10.8. The second-order valence-electron chi connectivity index (χ2n) is 4.52. The molecule has 1 fully saturated rings. The Kier molecular flexibility index (Phi) is 4.75. The first kappa shape index (κ1) is 12.0. The van der Waals surface area contributed by atoms with Crippen LogP contribution in [0.4, 0.5) is 0 Å². The van der Waals surface area contributed by atoms with Gasteiger partial charge in [-0.3, -0.25) is 0 Å². The van der Waals surface area contributed by atoms with Crippen molar-refractivity contribution in [3.05, 3.63) is 16.1 Å². The third-order valence-electron chi connectivity index (χ3n) is 3.32. The van der Waals surface area contributed by atoms with Gasteiger partial charge >= 0.3 is 0 Å². The highest BCUT2D eigenvalue weighted by molar-refractivity contribution is 7.09. The molecular weight excluding hydrogens is 218 g/mol. The molecule has 3 nitrogen and oxygen atoms in total. The van der Waals surface area contributed by atoms with Gasteiger partial charge in [0, 0.05) is 11.4 Å². The van der Waals surface area contributed by atoms with E-state index in [2.05, 4.69) is 22.5 Å². The fourth-order valence-electron chi connectivity index (χ4n) is 2.17. The highest BCUT2D eigenvalue weighted by Crippen LogP contribution is 2.15. The van der Waals surface area contributed by atoms with Crippen molar-refractivity contribution in [2.75, 3.05) is 19.6 Å². The number of aromatic nitrogens is 1. The lowest BCUT2D eigenvalue weighted by molar-refractivity contribution is 0.348. The lowest BCUT2D eigenvalue weighted by Gasteiger charge is -2.22. The molecule has 0 atom stereocenters. The number of thiazole rings is 1. The molecule has 1 aliphatic rings. The molecule has 0 radical (unpaired) electrons. The summed E-state index contributed by atoms with van der Waals surface area (Å²) < 4.78 is 0. The molecule has 1 aliphatic heterocycles. The standard InChI is InChI=1S/C12H21N3S/c1-10-12(16-9-15-10)8-14-7-4-11-2-5-13-6-3-11/h9,11,13-14H,2-8H2,1H3. The van der Waals surface area contributed by atoms with Gasteiger partial charge in [-0.1, -0.05) is 0 Å². The number of hydrogen-bond donors (Lipinski definition) is 2. The Labute approximate surface area is 102 Å². The fourth-order valence-corrected chi connectivity index (χ4v) is 2.92. The number of aryl methyl sites for hydroxylation is 1. The van der Waals surface area contributed by atoms with Crippen LogP contribution in [0.5, 0.6) is 0 Å². The van der Waals surface area contributed by atoms with Crippen LogP contribution in [-0.2, 0) is 6.54 Å². The Morgan fingerprint density at radius 2 is 2.31 bits per heavy atom. The van der Waals surface area contributed by atoms with Crippen molar-refractivity contribution >= 4 is 11.3 Å². The van der Waals surface area contributed by atoms with Gasteiger partial charge in [0.15, 0.2) is 0 Å². The first-order chi connectivity index (χ1) is 7.86. The van der Waals surface area contributed by atoms with Crippen LogP contribution < -0.4 is 10.6 Å². The van der Waals surface area contributed by atoms with Gasteiger partial charge in [0.05, 0.1) is 11.2 Å². The Morgan fingerprint density at radius 3 is 3.00 bits per heavy atom. The van der Waals surface area contributed by atoms with Crippen molar-refractivity contribution in [1.29, 1.82) is 0 Å². The third-order valence-corrected chi connectivity index (χ3v) is 4.25. The van der Waals surface area contributed by atoms with Crippen LogP contribution in [0.2, 0.25) is 0 Å². The lowest BCUT2D eigenvalue weighted by atomic mass is 9.95. The fraction of sp³-hybridized carbons (Fsp3) is 0.750. The molecule has 16 heavy (non-hydrogen) atoms. The molecule has 2 rings (SSSR count). The van der Waals surface area contributed by atoms with Crippen LogP contribution >= 0.6 is 11.3 Å². The molecule has 0 amide bonds. The van der Waals surface area contributed by atoms with Gasteiger partial charge in [-0.25, -0.2) is 4.98 Å². The Balaban J connectivity index is 1.59. The highest BCUT2D eigenvalue weighted by atomic mass is 32.1. The summed E-state index contributed by atoms with van der Waals surface area (Å²) in [6, 6.07) is 0. The van der Waals surface area contributed by atoms with Gasteiger partial charge < -0.3 is 10.6 Å². The van der Waals surface area contributed by atoms with Crippen LogP contribution in [0.25, 0.3) is 0 Å². The molecule has 0 spiro atoms. The van der Waals surface area contributed by atoms with E-state index in [1.807, 2.05) is 5.51 Å². The minimum atomic E-state index is 0.927. The SMILES string of the molecule is Cc1ncsc1CNCCC1CCNCC1. The molecule has 1 aromatic rings. The minimum absolute atomic E-state index is 0.927. The molecule has 0 bridgehead atoms. The van der Waals surface area contributed by atoms with Crippen LogP contribution in [0, 0.1) is 12.8 Å². The number of nitrogens with one attached hydrogen (secondary N) is 2. The van der Waals surface area contributed by atoms with Crippen molar-refractivity contribution in [3.63, 3.8) is 0 Å². The van der Waals surface area contributed by atoms with Crippen LogP contribution in [-0.4, -0.2) is 24.6 Å². The molecule has 1 aromatic heterocycles. The molecule has 0 aliphatic carbocycles. The maximum Gasteiger partial charge on any atom is 0.0798 e. The zero-order valence-electron chi connectivity index (χ0n) is 9.96. The van der Waals surface area contributed by atoms with Crippen molar-refractivity contribution in [2.45, 2.75) is 32.7 Å². The maximum atomic E-state index is 4.26. The Bertz CT molecular complexity index is 305. The molecule has 0 saturated carbocycles. The largest absolute Gasteiger partial charge is 0.317 e. The summed E-state index contributed by atoms with van der Waals surface area (Å²) in [5.74, 6) is 0.927. The van der Waals surface area contributed by atoms with Gasteiger partial charge in [-0.15, -0.1) is 11.3 Å². The summed E-state index contributed by atoms with van der Waals surface area (Å²) in [6.45, 7) is 6.63. The Hall–Kier alpha value is -0.450. The second kappa shape index (κ2) is 6.33. The summed E-state index contributed by atoms with van der Waals surface area (Å²) in [5, 5.41) is 6.93. The molecule has 2 heterocycles. The topological polar surface area (TPSA) is 37.0 Å². The Morgan fingerprint density at radius 1 is 1.50 bits per heavy atom. The van der Waals surface area contributed by atoms with Crippen LogP contribution in [0.1, 0.15) is 29.8 Å². The number of piperidine rings is 1. The number of hydrogen-bond acceptors (Lipinski definition) is 4. The molecule has 1 saturated heterocycles. The number of nitrogens with zero attached hydrogens (tertiary/aromatic N) is 1. The second-order valence-corrected chi connectivity index (χ2v) is 5.46.